The van der Waals surface area contributed by atoms with E-state index in [1.54, 1.807) is 23.9 Å². The summed E-state index contributed by atoms with van der Waals surface area (Å²) in [5.41, 5.74) is 1.25. The third kappa shape index (κ3) is 2.32. The van der Waals surface area contributed by atoms with Crippen LogP contribution in [0.5, 0.6) is 0 Å². The molecule has 0 aliphatic heterocycles. The average Bonchev–Trinajstić information content (AvgIpc) is 2.78. The molecule has 3 rings (SSSR count). The molecule has 0 aromatic carbocycles. The molecule has 0 bridgehead atoms. The highest BCUT2D eigenvalue weighted by molar-refractivity contribution is 7.11. The van der Waals surface area contributed by atoms with E-state index in [2.05, 4.69) is 26.8 Å². The molecule has 0 spiro atoms. The topological polar surface area (TPSA) is 41.9 Å². The van der Waals surface area contributed by atoms with Gasteiger partial charge in [-0.3, -0.25) is 0 Å². The first-order valence-electron chi connectivity index (χ1n) is 6.31. The number of halogens is 1. The second kappa shape index (κ2) is 5.06. The predicted molar refractivity (Wildman–Crippen MR) is 78.0 cm³/mol. The summed E-state index contributed by atoms with van der Waals surface area (Å²) >= 11 is 7.98. The van der Waals surface area contributed by atoms with Gasteiger partial charge in [0.2, 0.25) is 0 Å². The predicted octanol–water partition coefficient (Wildman–Crippen LogP) is 3.41. The number of aryl methyl sites for hydroxylation is 2. The van der Waals surface area contributed by atoms with Gasteiger partial charge < -0.3 is 4.90 Å². The second-order valence-corrected chi connectivity index (χ2v) is 6.40. The summed E-state index contributed by atoms with van der Waals surface area (Å²) in [5.74, 6) is 0.792. The van der Waals surface area contributed by atoms with Gasteiger partial charge in [-0.05, 0) is 26.2 Å². The number of thiazole rings is 1. The van der Waals surface area contributed by atoms with Crippen LogP contribution in [0, 0.1) is 6.92 Å². The lowest BCUT2D eigenvalue weighted by molar-refractivity contribution is 0.545. The molecule has 0 saturated heterocycles. The van der Waals surface area contributed by atoms with Crippen molar-refractivity contribution in [1.82, 2.24) is 15.0 Å². The van der Waals surface area contributed by atoms with Crippen molar-refractivity contribution < 1.29 is 0 Å². The Labute approximate surface area is 121 Å². The van der Waals surface area contributed by atoms with E-state index in [-0.39, 0.29) is 0 Å². The normalized spacial score (nSPS) is 18.2. The van der Waals surface area contributed by atoms with Crippen molar-refractivity contribution in [3.05, 3.63) is 33.1 Å². The van der Waals surface area contributed by atoms with E-state index in [4.69, 9.17) is 11.6 Å². The summed E-state index contributed by atoms with van der Waals surface area (Å²) < 4.78 is 0. The number of hydrogen-bond donors (Lipinski definition) is 0. The second-order valence-electron chi connectivity index (χ2n) is 4.76. The van der Waals surface area contributed by atoms with Crippen LogP contribution < -0.4 is 4.90 Å². The monoisotopic (exact) mass is 294 g/mol. The summed E-state index contributed by atoms with van der Waals surface area (Å²) in [6, 6.07) is 0.322. The Bertz CT molecular complexity index is 598. The molecule has 0 N–H and O–H groups in total. The van der Waals surface area contributed by atoms with Crippen molar-refractivity contribution in [2.75, 3.05) is 11.9 Å². The Morgan fingerprint density at radius 3 is 3.11 bits per heavy atom. The number of fused-ring (bicyclic) bond motifs is 1. The van der Waals surface area contributed by atoms with Gasteiger partial charge in [0.1, 0.15) is 11.3 Å². The molecule has 1 atom stereocenters. The highest BCUT2D eigenvalue weighted by Crippen LogP contribution is 2.39. The third-order valence-electron chi connectivity index (χ3n) is 3.48. The minimum absolute atomic E-state index is 0.322. The maximum Gasteiger partial charge on any atom is 0.151 e. The number of aromatic nitrogens is 3. The molecular formula is C13H15ClN4S. The summed E-state index contributed by atoms with van der Waals surface area (Å²) in [6.07, 6.45) is 6.54. The van der Waals surface area contributed by atoms with Crippen molar-refractivity contribution in [3.63, 3.8) is 0 Å². The number of rotatable bonds is 2. The minimum Gasteiger partial charge on any atom is -0.350 e. The van der Waals surface area contributed by atoms with Crippen molar-refractivity contribution >= 4 is 28.8 Å². The highest BCUT2D eigenvalue weighted by Gasteiger charge is 2.28. The van der Waals surface area contributed by atoms with Gasteiger partial charge >= 0.3 is 0 Å². The van der Waals surface area contributed by atoms with E-state index >= 15 is 0 Å². The van der Waals surface area contributed by atoms with Crippen LogP contribution in [0.3, 0.4) is 0 Å². The van der Waals surface area contributed by atoms with Gasteiger partial charge in [-0.25, -0.2) is 15.0 Å². The molecule has 100 valence electrons. The van der Waals surface area contributed by atoms with Crippen LogP contribution in [0.1, 0.15) is 34.5 Å². The molecule has 1 aliphatic carbocycles. The molecule has 2 aromatic heterocycles. The summed E-state index contributed by atoms with van der Waals surface area (Å²) in [6.45, 7) is 2.07. The lowest BCUT2D eigenvalue weighted by atomic mass is 9.97. The molecule has 0 fully saturated rings. The van der Waals surface area contributed by atoms with Crippen molar-refractivity contribution in [2.24, 2.45) is 0 Å². The molecule has 1 aliphatic rings. The zero-order chi connectivity index (χ0) is 13.4. The molecule has 0 radical (unpaired) electrons. The van der Waals surface area contributed by atoms with Gasteiger partial charge in [-0.2, -0.15) is 0 Å². The molecule has 1 unspecified atom stereocenters. The van der Waals surface area contributed by atoms with Gasteiger partial charge in [0.25, 0.3) is 0 Å². The number of nitrogens with zero attached hydrogens (tertiary/aromatic N) is 4. The Kier molecular flexibility index (Phi) is 3.41. The Morgan fingerprint density at radius 1 is 1.47 bits per heavy atom. The maximum atomic E-state index is 6.19. The Morgan fingerprint density at radius 2 is 2.32 bits per heavy atom. The first-order valence-corrected chi connectivity index (χ1v) is 7.51. The van der Waals surface area contributed by atoms with Crippen LogP contribution >= 0.6 is 22.9 Å². The molecule has 0 amide bonds. The van der Waals surface area contributed by atoms with E-state index in [0.29, 0.717) is 11.1 Å². The van der Waals surface area contributed by atoms with Crippen molar-refractivity contribution in [2.45, 2.75) is 32.2 Å². The van der Waals surface area contributed by atoms with E-state index in [1.165, 1.54) is 10.6 Å². The van der Waals surface area contributed by atoms with Crippen LogP contribution in [0.25, 0.3) is 0 Å². The van der Waals surface area contributed by atoms with Gasteiger partial charge in [0.05, 0.1) is 27.8 Å². The summed E-state index contributed by atoms with van der Waals surface area (Å²) in [5, 5.41) is 1.73. The zero-order valence-electron chi connectivity index (χ0n) is 10.9. The smallest absolute Gasteiger partial charge is 0.151 e. The quantitative estimate of drug-likeness (QED) is 0.851. The van der Waals surface area contributed by atoms with Crippen LogP contribution in [0.2, 0.25) is 5.02 Å². The van der Waals surface area contributed by atoms with E-state index in [1.807, 2.05) is 7.05 Å². The van der Waals surface area contributed by atoms with E-state index in [0.717, 1.165) is 30.1 Å². The van der Waals surface area contributed by atoms with Crippen LogP contribution in [0.4, 0.5) is 5.82 Å². The van der Waals surface area contributed by atoms with E-state index in [9.17, 15) is 0 Å². The van der Waals surface area contributed by atoms with Crippen molar-refractivity contribution in [1.29, 1.82) is 0 Å². The fourth-order valence-corrected chi connectivity index (χ4v) is 3.99. The fraction of sp³-hybridized carbons (Fsp3) is 0.462. The fourth-order valence-electron chi connectivity index (χ4n) is 2.60. The summed E-state index contributed by atoms with van der Waals surface area (Å²) in [4.78, 5) is 16.4. The van der Waals surface area contributed by atoms with Gasteiger partial charge in [-0.15, -0.1) is 11.3 Å². The van der Waals surface area contributed by atoms with Gasteiger partial charge in [-0.1, -0.05) is 11.6 Å². The largest absolute Gasteiger partial charge is 0.350 e. The Balaban J connectivity index is 1.97. The maximum absolute atomic E-state index is 6.19. The zero-order valence-corrected chi connectivity index (χ0v) is 12.5. The molecule has 6 heteroatoms. The lowest BCUT2D eigenvalue weighted by Gasteiger charge is -2.31. The lowest BCUT2D eigenvalue weighted by Crippen LogP contribution is -2.27. The van der Waals surface area contributed by atoms with E-state index < -0.39 is 0 Å². The first-order chi connectivity index (χ1) is 9.16. The molecule has 0 saturated carbocycles. The third-order valence-corrected chi connectivity index (χ3v) is 4.86. The van der Waals surface area contributed by atoms with Crippen LogP contribution in [0.15, 0.2) is 12.5 Å². The Hall–Kier alpha value is -1.20. The molecule has 4 nitrogen and oxygen atoms in total. The average molecular weight is 295 g/mol. The number of anilines is 1. The van der Waals surface area contributed by atoms with Crippen LogP contribution in [-0.2, 0) is 6.42 Å². The van der Waals surface area contributed by atoms with Crippen LogP contribution in [-0.4, -0.2) is 22.0 Å². The molecule has 2 heterocycles. The standard InChI is InChI=1S/C13H15ClN4S/c1-8-17-10-4-3-5-11(12(10)19-8)18(2)13-9(14)6-15-7-16-13/h6-7,11H,3-5H2,1-2H3. The van der Waals surface area contributed by atoms with Gasteiger partial charge in [0.15, 0.2) is 5.82 Å². The highest BCUT2D eigenvalue weighted by atomic mass is 35.5. The molecule has 19 heavy (non-hydrogen) atoms. The minimum atomic E-state index is 0.322. The first kappa shape index (κ1) is 12.8. The molecular weight excluding hydrogens is 280 g/mol. The molecule has 2 aromatic rings. The van der Waals surface area contributed by atoms with Crippen molar-refractivity contribution in [3.8, 4) is 0 Å². The SMILES string of the molecule is Cc1nc2c(s1)C(N(C)c1ncncc1Cl)CCC2. The van der Waals surface area contributed by atoms with Gasteiger partial charge in [0, 0.05) is 7.05 Å². The summed E-state index contributed by atoms with van der Waals surface area (Å²) in [7, 11) is 2.04. The number of hydrogen-bond acceptors (Lipinski definition) is 5.